The minimum absolute atomic E-state index is 0.0742. The minimum Gasteiger partial charge on any atom is -0.336 e. The number of aromatic nitrogens is 2. The summed E-state index contributed by atoms with van der Waals surface area (Å²) in [5, 5.41) is 5.76. The Balaban J connectivity index is 1.46. The van der Waals surface area contributed by atoms with Gasteiger partial charge in [-0.1, -0.05) is 62.4 Å². The molecule has 3 aromatic rings. The van der Waals surface area contributed by atoms with Gasteiger partial charge >= 0.3 is 0 Å². The Bertz CT molecular complexity index is 1140. The molecule has 1 fully saturated rings. The lowest BCUT2D eigenvalue weighted by molar-refractivity contribution is 0.0754. The lowest BCUT2D eigenvalue weighted by Crippen LogP contribution is -2.37. The van der Waals surface area contributed by atoms with Gasteiger partial charge in [-0.15, -0.1) is 0 Å². The van der Waals surface area contributed by atoms with Gasteiger partial charge in [0.1, 0.15) is 0 Å². The maximum absolute atomic E-state index is 13.6. The molecule has 0 saturated carbocycles. The summed E-state index contributed by atoms with van der Waals surface area (Å²) in [6, 6.07) is 17.9. The molecule has 6 heteroatoms. The van der Waals surface area contributed by atoms with Gasteiger partial charge in [0.05, 0.1) is 5.39 Å². The number of carbonyl (C=O) groups is 1. The van der Waals surface area contributed by atoms with Crippen molar-refractivity contribution < 1.29 is 4.79 Å². The Kier molecular flexibility index (Phi) is 7.55. The lowest BCUT2D eigenvalue weighted by atomic mass is 10.1. The van der Waals surface area contributed by atoms with Crippen LogP contribution >= 0.6 is 0 Å². The molecule has 2 aromatic carbocycles. The third kappa shape index (κ3) is 5.69. The van der Waals surface area contributed by atoms with Crippen molar-refractivity contribution in [2.45, 2.75) is 39.7 Å². The number of amides is 1. The second-order valence-electron chi connectivity index (χ2n) is 9.35. The molecule has 1 aliphatic heterocycles. The predicted molar refractivity (Wildman–Crippen MR) is 133 cm³/mol. The molecular weight excluding hydrogens is 412 g/mol. The molecule has 0 bridgehead atoms. The highest BCUT2D eigenvalue weighted by Gasteiger charge is 2.24. The maximum Gasteiger partial charge on any atom is 0.274 e. The van der Waals surface area contributed by atoms with Gasteiger partial charge in [-0.25, -0.2) is 4.68 Å². The average molecular weight is 447 g/mol. The fourth-order valence-corrected chi connectivity index (χ4v) is 4.56. The number of fused-ring (bicyclic) bond motifs is 1. The summed E-state index contributed by atoms with van der Waals surface area (Å²) in [5.41, 5.74) is 1.64. The minimum atomic E-state index is -0.128. The maximum atomic E-state index is 13.6. The van der Waals surface area contributed by atoms with Crippen LogP contribution in [0.2, 0.25) is 0 Å². The first-order valence-electron chi connectivity index (χ1n) is 12.1. The van der Waals surface area contributed by atoms with Crippen LogP contribution in [-0.2, 0) is 13.0 Å². The topological polar surface area (TPSA) is 58.4 Å². The van der Waals surface area contributed by atoms with Crippen molar-refractivity contribution >= 4 is 16.7 Å². The van der Waals surface area contributed by atoms with E-state index in [1.165, 1.54) is 10.2 Å². The fraction of sp³-hybridized carbons (Fsp3) is 0.444. The summed E-state index contributed by atoms with van der Waals surface area (Å²) in [7, 11) is 0. The van der Waals surface area contributed by atoms with E-state index in [2.05, 4.69) is 40.3 Å². The second-order valence-corrected chi connectivity index (χ2v) is 9.35. The van der Waals surface area contributed by atoms with Crippen LogP contribution in [0.4, 0.5) is 0 Å². The van der Waals surface area contributed by atoms with Gasteiger partial charge in [0.15, 0.2) is 5.69 Å². The van der Waals surface area contributed by atoms with Gasteiger partial charge < -0.3 is 9.80 Å². The molecule has 6 nitrogen and oxygen atoms in total. The summed E-state index contributed by atoms with van der Waals surface area (Å²) in [6.07, 6.45) is 3.14. The molecule has 0 aliphatic carbocycles. The smallest absolute Gasteiger partial charge is 0.274 e. The monoisotopic (exact) mass is 446 g/mol. The molecular formula is C27H34N4O2. The van der Waals surface area contributed by atoms with Crippen molar-refractivity contribution in [2.75, 3.05) is 32.7 Å². The number of nitrogens with zero attached hydrogens (tertiary/aromatic N) is 4. The largest absolute Gasteiger partial charge is 0.336 e. The highest BCUT2D eigenvalue weighted by atomic mass is 16.2. The van der Waals surface area contributed by atoms with Crippen molar-refractivity contribution in [1.29, 1.82) is 0 Å². The summed E-state index contributed by atoms with van der Waals surface area (Å²) in [6.45, 7) is 8.90. The Morgan fingerprint density at radius 3 is 2.42 bits per heavy atom. The molecule has 1 saturated heterocycles. The van der Waals surface area contributed by atoms with E-state index in [4.69, 9.17) is 0 Å². The first-order chi connectivity index (χ1) is 16.0. The summed E-state index contributed by atoms with van der Waals surface area (Å²) < 4.78 is 1.47. The van der Waals surface area contributed by atoms with Crippen molar-refractivity contribution in [2.24, 2.45) is 5.92 Å². The molecule has 0 spiro atoms. The number of rotatable bonds is 7. The van der Waals surface area contributed by atoms with E-state index < -0.39 is 0 Å². The Morgan fingerprint density at radius 1 is 0.939 bits per heavy atom. The van der Waals surface area contributed by atoms with E-state index in [0.29, 0.717) is 36.1 Å². The van der Waals surface area contributed by atoms with Crippen molar-refractivity contribution in [3.05, 3.63) is 76.2 Å². The molecule has 1 aliphatic rings. The first kappa shape index (κ1) is 23.2. The molecule has 0 unspecified atom stereocenters. The molecule has 1 amide bonds. The zero-order chi connectivity index (χ0) is 23.2. The molecule has 0 N–H and O–H groups in total. The number of hydrogen-bond acceptors (Lipinski definition) is 4. The van der Waals surface area contributed by atoms with E-state index in [-0.39, 0.29) is 17.4 Å². The van der Waals surface area contributed by atoms with E-state index >= 15 is 0 Å². The Hall–Kier alpha value is -2.99. The molecule has 33 heavy (non-hydrogen) atoms. The van der Waals surface area contributed by atoms with Gasteiger partial charge in [0.2, 0.25) is 0 Å². The highest BCUT2D eigenvalue weighted by molar-refractivity contribution is 6.04. The standard InChI is InChI=1S/C27H34N4O2/c1-21(2)20-31-26(32)24-14-7-6-13-23(24)25(28-31)27(33)30-17-9-16-29(18-19-30)15-8-12-22-10-4-3-5-11-22/h3-7,10-11,13-14,21H,8-9,12,15-20H2,1-2H3. The number of aryl methyl sites for hydroxylation is 1. The average Bonchev–Trinajstić information content (AvgIpc) is 3.07. The van der Waals surface area contributed by atoms with Crippen LogP contribution in [0, 0.1) is 5.92 Å². The van der Waals surface area contributed by atoms with Crippen LogP contribution < -0.4 is 5.56 Å². The van der Waals surface area contributed by atoms with Gasteiger partial charge in [-0.2, -0.15) is 5.10 Å². The Morgan fingerprint density at radius 2 is 1.67 bits per heavy atom. The zero-order valence-electron chi connectivity index (χ0n) is 19.7. The van der Waals surface area contributed by atoms with E-state index in [9.17, 15) is 9.59 Å². The molecule has 2 heterocycles. The molecule has 0 atom stereocenters. The fourth-order valence-electron chi connectivity index (χ4n) is 4.56. The highest BCUT2D eigenvalue weighted by Crippen LogP contribution is 2.17. The van der Waals surface area contributed by atoms with Crippen LogP contribution in [-0.4, -0.2) is 58.2 Å². The number of hydrogen-bond donors (Lipinski definition) is 0. The number of benzene rings is 2. The Labute approximate surface area is 195 Å². The summed E-state index contributed by atoms with van der Waals surface area (Å²) in [5.74, 6) is 0.191. The van der Waals surface area contributed by atoms with Gasteiger partial charge in [0.25, 0.3) is 11.5 Å². The predicted octanol–water partition coefficient (Wildman–Crippen LogP) is 3.83. The summed E-state index contributed by atoms with van der Waals surface area (Å²) >= 11 is 0. The SMILES string of the molecule is CC(C)Cn1nc(C(=O)N2CCCN(CCCc3ccccc3)CC2)c2ccccc2c1=O. The summed E-state index contributed by atoms with van der Waals surface area (Å²) in [4.78, 5) is 30.8. The van der Waals surface area contributed by atoms with Crippen molar-refractivity contribution in [3.8, 4) is 0 Å². The zero-order valence-corrected chi connectivity index (χ0v) is 19.7. The van der Waals surface area contributed by atoms with Crippen molar-refractivity contribution in [3.63, 3.8) is 0 Å². The van der Waals surface area contributed by atoms with Crippen LogP contribution in [0.15, 0.2) is 59.4 Å². The van der Waals surface area contributed by atoms with E-state index in [0.717, 1.165) is 38.9 Å². The third-order valence-corrected chi connectivity index (χ3v) is 6.27. The molecule has 1 aromatic heterocycles. The first-order valence-corrected chi connectivity index (χ1v) is 12.1. The van der Waals surface area contributed by atoms with E-state index in [1.54, 1.807) is 6.07 Å². The van der Waals surface area contributed by atoms with Crippen LogP contribution in [0.5, 0.6) is 0 Å². The third-order valence-electron chi connectivity index (χ3n) is 6.27. The van der Waals surface area contributed by atoms with Crippen LogP contribution in [0.1, 0.15) is 42.7 Å². The van der Waals surface area contributed by atoms with Crippen LogP contribution in [0.25, 0.3) is 10.8 Å². The molecule has 4 rings (SSSR count). The number of carbonyl (C=O) groups excluding carboxylic acids is 1. The van der Waals surface area contributed by atoms with E-state index in [1.807, 2.05) is 36.9 Å². The van der Waals surface area contributed by atoms with Gasteiger partial charge in [-0.3, -0.25) is 9.59 Å². The quantitative estimate of drug-likeness (QED) is 0.553. The second kappa shape index (κ2) is 10.8. The van der Waals surface area contributed by atoms with Gasteiger partial charge in [0, 0.05) is 31.6 Å². The van der Waals surface area contributed by atoms with Crippen LogP contribution in [0.3, 0.4) is 0 Å². The lowest BCUT2D eigenvalue weighted by Gasteiger charge is -2.22. The normalized spacial score (nSPS) is 15.2. The molecule has 174 valence electrons. The van der Waals surface area contributed by atoms with Gasteiger partial charge in [-0.05, 0) is 49.9 Å². The van der Waals surface area contributed by atoms with Crippen molar-refractivity contribution in [1.82, 2.24) is 19.6 Å². The molecule has 0 radical (unpaired) electrons.